The van der Waals surface area contributed by atoms with Gasteiger partial charge in [-0.15, -0.1) is 0 Å². The standard InChI is InChI=1S/C10H12O3/c1-7(10(12)13)9-4-2-3-8(5-9)6-11/h2-5,7,11H,6H2,1H3,(H,12,13)/t7-/m1/s1. The van der Waals surface area contributed by atoms with Gasteiger partial charge in [0.2, 0.25) is 0 Å². The van der Waals surface area contributed by atoms with Gasteiger partial charge in [0.1, 0.15) is 0 Å². The molecule has 2 N–H and O–H groups in total. The topological polar surface area (TPSA) is 57.5 Å². The Morgan fingerprint density at radius 1 is 1.54 bits per heavy atom. The molecule has 1 aromatic rings. The van der Waals surface area contributed by atoms with Crippen LogP contribution in [0.1, 0.15) is 24.0 Å². The zero-order valence-electron chi connectivity index (χ0n) is 7.40. The van der Waals surface area contributed by atoms with Gasteiger partial charge in [-0.1, -0.05) is 24.3 Å². The molecule has 0 heterocycles. The maximum absolute atomic E-state index is 10.6. The van der Waals surface area contributed by atoms with Crippen molar-refractivity contribution in [2.45, 2.75) is 19.4 Å². The second-order valence-electron chi connectivity index (χ2n) is 2.96. The maximum Gasteiger partial charge on any atom is 0.310 e. The summed E-state index contributed by atoms with van der Waals surface area (Å²) in [6, 6.07) is 6.97. The number of aliphatic hydroxyl groups excluding tert-OH is 1. The molecule has 0 aliphatic carbocycles. The van der Waals surface area contributed by atoms with Crippen molar-refractivity contribution in [3.05, 3.63) is 35.4 Å². The number of benzene rings is 1. The molecule has 0 saturated carbocycles. The monoisotopic (exact) mass is 180 g/mol. The SMILES string of the molecule is C[C@@H](C(=O)O)c1cccc(CO)c1. The molecule has 1 aromatic carbocycles. The molecular weight excluding hydrogens is 168 g/mol. The third-order valence-corrected chi connectivity index (χ3v) is 2.00. The largest absolute Gasteiger partial charge is 0.481 e. The van der Waals surface area contributed by atoms with Crippen molar-refractivity contribution in [2.75, 3.05) is 0 Å². The highest BCUT2D eigenvalue weighted by Gasteiger charge is 2.13. The minimum Gasteiger partial charge on any atom is -0.481 e. The summed E-state index contributed by atoms with van der Waals surface area (Å²) < 4.78 is 0. The van der Waals surface area contributed by atoms with Gasteiger partial charge in [0.25, 0.3) is 0 Å². The Bertz CT molecular complexity index is 307. The summed E-state index contributed by atoms with van der Waals surface area (Å²) in [6.07, 6.45) is 0. The summed E-state index contributed by atoms with van der Waals surface area (Å²) in [5.74, 6) is -1.37. The first-order valence-electron chi connectivity index (χ1n) is 4.07. The summed E-state index contributed by atoms with van der Waals surface area (Å²) in [7, 11) is 0. The van der Waals surface area contributed by atoms with Gasteiger partial charge >= 0.3 is 5.97 Å². The molecule has 13 heavy (non-hydrogen) atoms. The normalized spacial score (nSPS) is 12.5. The molecule has 0 saturated heterocycles. The minimum atomic E-state index is -0.852. The van der Waals surface area contributed by atoms with Gasteiger partial charge in [-0.05, 0) is 18.1 Å². The Hall–Kier alpha value is -1.35. The number of aliphatic carboxylic acids is 1. The summed E-state index contributed by atoms with van der Waals surface area (Å²) in [4.78, 5) is 10.6. The maximum atomic E-state index is 10.6. The van der Waals surface area contributed by atoms with E-state index in [1.54, 1.807) is 31.2 Å². The van der Waals surface area contributed by atoms with Crippen molar-refractivity contribution in [3.63, 3.8) is 0 Å². The molecule has 0 fully saturated rings. The Morgan fingerprint density at radius 3 is 2.77 bits per heavy atom. The van der Waals surface area contributed by atoms with Gasteiger partial charge < -0.3 is 10.2 Å². The third kappa shape index (κ3) is 2.29. The van der Waals surface area contributed by atoms with E-state index in [4.69, 9.17) is 10.2 Å². The summed E-state index contributed by atoms with van der Waals surface area (Å²) in [5.41, 5.74) is 1.46. The summed E-state index contributed by atoms with van der Waals surface area (Å²) in [5, 5.41) is 17.6. The first-order chi connectivity index (χ1) is 6.15. The van der Waals surface area contributed by atoms with Crippen molar-refractivity contribution in [1.82, 2.24) is 0 Å². The Labute approximate surface area is 76.6 Å². The van der Waals surface area contributed by atoms with Crippen molar-refractivity contribution in [2.24, 2.45) is 0 Å². The predicted octanol–water partition coefficient (Wildman–Crippen LogP) is 1.37. The highest BCUT2D eigenvalue weighted by molar-refractivity contribution is 5.75. The zero-order chi connectivity index (χ0) is 9.84. The Morgan fingerprint density at radius 2 is 2.23 bits per heavy atom. The molecule has 0 aliphatic rings. The molecule has 3 nitrogen and oxygen atoms in total. The van der Waals surface area contributed by atoms with E-state index in [0.717, 1.165) is 11.1 Å². The van der Waals surface area contributed by atoms with Gasteiger partial charge in [-0.25, -0.2) is 0 Å². The Kier molecular flexibility index (Phi) is 3.03. The van der Waals surface area contributed by atoms with Gasteiger partial charge in [0, 0.05) is 0 Å². The average Bonchev–Trinajstić information content (AvgIpc) is 2.16. The molecule has 0 amide bonds. The molecule has 3 heteroatoms. The van der Waals surface area contributed by atoms with Crippen LogP contribution in [0.15, 0.2) is 24.3 Å². The van der Waals surface area contributed by atoms with Crippen LogP contribution in [0.4, 0.5) is 0 Å². The molecule has 70 valence electrons. The third-order valence-electron chi connectivity index (χ3n) is 2.00. The number of rotatable bonds is 3. The van der Waals surface area contributed by atoms with Crippen molar-refractivity contribution in [3.8, 4) is 0 Å². The molecule has 0 aromatic heterocycles. The van der Waals surface area contributed by atoms with Gasteiger partial charge in [0.15, 0.2) is 0 Å². The number of hydrogen-bond acceptors (Lipinski definition) is 2. The molecule has 0 spiro atoms. The van der Waals surface area contributed by atoms with E-state index in [0.29, 0.717) is 0 Å². The first kappa shape index (κ1) is 9.74. The number of carbonyl (C=O) groups is 1. The fourth-order valence-electron chi connectivity index (χ4n) is 1.10. The van der Waals surface area contributed by atoms with E-state index >= 15 is 0 Å². The highest BCUT2D eigenvalue weighted by atomic mass is 16.4. The van der Waals surface area contributed by atoms with Crippen LogP contribution in [0.3, 0.4) is 0 Å². The Balaban J connectivity index is 2.94. The second-order valence-corrected chi connectivity index (χ2v) is 2.96. The van der Waals surface area contributed by atoms with Gasteiger partial charge in [0.05, 0.1) is 12.5 Å². The number of carboxylic acids is 1. The summed E-state index contributed by atoms with van der Waals surface area (Å²) in [6.45, 7) is 1.57. The number of carboxylic acid groups (broad SMARTS) is 1. The van der Waals surface area contributed by atoms with Crippen LogP contribution < -0.4 is 0 Å². The van der Waals surface area contributed by atoms with E-state index in [2.05, 4.69) is 0 Å². The molecule has 0 aliphatic heterocycles. The molecule has 1 atom stereocenters. The molecular formula is C10H12O3. The molecule has 0 bridgehead atoms. The van der Waals surface area contributed by atoms with Crippen LogP contribution in [-0.4, -0.2) is 16.2 Å². The van der Waals surface area contributed by atoms with Crippen LogP contribution in [0.2, 0.25) is 0 Å². The molecule has 0 radical (unpaired) electrons. The quantitative estimate of drug-likeness (QED) is 0.738. The summed E-state index contributed by atoms with van der Waals surface area (Å²) >= 11 is 0. The van der Waals surface area contributed by atoms with Crippen molar-refractivity contribution < 1.29 is 15.0 Å². The highest BCUT2D eigenvalue weighted by Crippen LogP contribution is 2.16. The molecule has 0 unspecified atom stereocenters. The molecule has 1 rings (SSSR count). The van der Waals surface area contributed by atoms with E-state index < -0.39 is 11.9 Å². The van der Waals surface area contributed by atoms with Crippen LogP contribution >= 0.6 is 0 Å². The predicted molar refractivity (Wildman–Crippen MR) is 48.4 cm³/mol. The average molecular weight is 180 g/mol. The number of aliphatic hydroxyl groups is 1. The van der Waals surface area contributed by atoms with Crippen LogP contribution in [0, 0.1) is 0 Å². The van der Waals surface area contributed by atoms with Crippen LogP contribution in [-0.2, 0) is 11.4 Å². The lowest BCUT2D eigenvalue weighted by Crippen LogP contribution is -2.07. The van der Waals surface area contributed by atoms with E-state index in [-0.39, 0.29) is 6.61 Å². The number of hydrogen-bond donors (Lipinski definition) is 2. The first-order valence-corrected chi connectivity index (χ1v) is 4.07. The van der Waals surface area contributed by atoms with E-state index in [9.17, 15) is 4.79 Å². The van der Waals surface area contributed by atoms with E-state index in [1.165, 1.54) is 0 Å². The van der Waals surface area contributed by atoms with Crippen LogP contribution in [0.5, 0.6) is 0 Å². The van der Waals surface area contributed by atoms with E-state index in [1.807, 2.05) is 0 Å². The van der Waals surface area contributed by atoms with Gasteiger partial charge in [-0.2, -0.15) is 0 Å². The van der Waals surface area contributed by atoms with Crippen LogP contribution in [0.25, 0.3) is 0 Å². The second kappa shape index (κ2) is 4.05. The smallest absolute Gasteiger partial charge is 0.310 e. The zero-order valence-corrected chi connectivity index (χ0v) is 7.40. The van der Waals surface area contributed by atoms with Gasteiger partial charge in [-0.3, -0.25) is 4.79 Å². The lowest BCUT2D eigenvalue weighted by Gasteiger charge is -2.07. The fraction of sp³-hybridized carbons (Fsp3) is 0.300. The fourth-order valence-corrected chi connectivity index (χ4v) is 1.10. The lowest BCUT2D eigenvalue weighted by atomic mass is 9.99. The lowest BCUT2D eigenvalue weighted by molar-refractivity contribution is -0.138. The van der Waals surface area contributed by atoms with Crippen molar-refractivity contribution >= 4 is 5.97 Å². The minimum absolute atomic E-state index is 0.0554. The van der Waals surface area contributed by atoms with Crippen molar-refractivity contribution in [1.29, 1.82) is 0 Å².